The maximum atomic E-state index is 6.58. The molecule has 0 saturated heterocycles. The van der Waals surface area contributed by atoms with E-state index in [-0.39, 0.29) is 12.0 Å². The summed E-state index contributed by atoms with van der Waals surface area (Å²) in [5.41, 5.74) is 7.09. The van der Waals surface area contributed by atoms with Crippen molar-refractivity contribution >= 4 is 5.71 Å². The fourth-order valence-electron chi connectivity index (χ4n) is 5.08. The van der Waals surface area contributed by atoms with Crippen molar-refractivity contribution in [2.75, 3.05) is 6.61 Å². The van der Waals surface area contributed by atoms with Crippen molar-refractivity contribution in [2.24, 2.45) is 22.9 Å². The zero-order valence-electron chi connectivity index (χ0n) is 17.9. The normalized spacial score (nSPS) is 29.5. The minimum absolute atomic E-state index is 0.156. The first-order chi connectivity index (χ1) is 14.1. The first-order valence-electron chi connectivity index (χ1n) is 11.2. The molecule has 154 valence electrons. The lowest BCUT2D eigenvalue weighted by Gasteiger charge is -2.37. The van der Waals surface area contributed by atoms with Gasteiger partial charge in [-0.25, -0.2) is 0 Å². The van der Waals surface area contributed by atoms with Crippen LogP contribution in [0.4, 0.5) is 0 Å². The third-order valence-corrected chi connectivity index (χ3v) is 6.76. The van der Waals surface area contributed by atoms with Gasteiger partial charge in [0.15, 0.2) is 0 Å². The molecule has 2 aromatic rings. The zero-order chi connectivity index (χ0) is 20.2. The molecule has 2 aliphatic rings. The Kier molecular flexibility index (Phi) is 6.34. The number of nitrogens with one attached hydrogen (secondary N) is 1. The predicted molar refractivity (Wildman–Crippen MR) is 120 cm³/mol. The summed E-state index contributed by atoms with van der Waals surface area (Å²) in [7, 11) is 0. The maximum absolute atomic E-state index is 6.58. The van der Waals surface area contributed by atoms with Crippen molar-refractivity contribution in [3.8, 4) is 0 Å². The SMILES string of the molecule is CC(C)[C@@H]1CC[C@@H](C)C[C@H]1OCC1=NN[C@@H](c2ccccc2)[C@@H]1c1ccccc1. The number of rotatable bonds is 6. The number of hydrogen-bond acceptors (Lipinski definition) is 3. The maximum Gasteiger partial charge on any atom is 0.0877 e. The fraction of sp³-hybridized carbons (Fsp3) is 0.500. The zero-order valence-corrected chi connectivity index (χ0v) is 17.9. The summed E-state index contributed by atoms with van der Waals surface area (Å²) in [6.07, 6.45) is 4.12. The average molecular weight is 391 g/mol. The topological polar surface area (TPSA) is 33.6 Å². The van der Waals surface area contributed by atoms with E-state index in [1.807, 2.05) is 0 Å². The molecule has 1 aliphatic carbocycles. The lowest BCUT2D eigenvalue weighted by atomic mass is 9.75. The van der Waals surface area contributed by atoms with Gasteiger partial charge in [0.05, 0.1) is 30.4 Å². The Morgan fingerprint density at radius 2 is 1.62 bits per heavy atom. The van der Waals surface area contributed by atoms with Crippen molar-refractivity contribution in [3.63, 3.8) is 0 Å². The number of hydrogen-bond donors (Lipinski definition) is 1. The minimum Gasteiger partial charge on any atom is -0.372 e. The van der Waals surface area contributed by atoms with Crippen LogP contribution in [0.25, 0.3) is 0 Å². The van der Waals surface area contributed by atoms with Gasteiger partial charge < -0.3 is 10.2 Å². The highest BCUT2D eigenvalue weighted by atomic mass is 16.5. The van der Waals surface area contributed by atoms with Crippen LogP contribution in [0.15, 0.2) is 65.8 Å². The number of nitrogens with zero attached hydrogens (tertiary/aromatic N) is 1. The first-order valence-corrected chi connectivity index (χ1v) is 11.2. The molecule has 3 heteroatoms. The second-order valence-corrected chi connectivity index (χ2v) is 9.18. The molecule has 1 fully saturated rings. The summed E-state index contributed by atoms with van der Waals surface area (Å²) in [5, 5.41) is 4.77. The van der Waals surface area contributed by atoms with E-state index >= 15 is 0 Å². The average Bonchev–Trinajstić information content (AvgIpc) is 3.17. The molecule has 0 spiro atoms. The Labute approximate surface area is 175 Å². The highest BCUT2D eigenvalue weighted by molar-refractivity contribution is 5.94. The molecule has 5 atom stereocenters. The molecule has 0 bridgehead atoms. The molecule has 0 amide bonds. The molecule has 0 aromatic heterocycles. The van der Waals surface area contributed by atoms with Crippen LogP contribution in [-0.4, -0.2) is 18.4 Å². The van der Waals surface area contributed by atoms with Gasteiger partial charge in [0.25, 0.3) is 0 Å². The van der Waals surface area contributed by atoms with Crippen LogP contribution in [0.2, 0.25) is 0 Å². The third-order valence-electron chi connectivity index (χ3n) is 6.76. The molecule has 2 aromatic carbocycles. The second kappa shape index (κ2) is 9.13. The largest absolute Gasteiger partial charge is 0.372 e. The lowest BCUT2D eigenvalue weighted by molar-refractivity contribution is -0.0224. The predicted octanol–water partition coefficient (Wildman–Crippen LogP) is 5.95. The van der Waals surface area contributed by atoms with E-state index in [1.54, 1.807) is 0 Å². The molecule has 0 unspecified atom stereocenters. The highest BCUT2D eigenvalue weighted by Gasteiger charge is 2.36. The molecule has 1 saturated carbocycles. The molecule has 29 heavy (non-hydrogen) atoms. The van der Waals surface area contributed by atoms with E-state index in [1.165, 1.54) is 30.4 Å². The van der Waals surface area contributed by atoms with E-state index in [0.29, 0.717) is 24.5 Å². The van der Waals surface area contributed by atoms with Gasteiger partial charge in [0.2, 0.25) is 0 Å². The molecule has 1 heterocycles. The molecule has 0 radical (unpaired) electrons. The van der Waals surface area contributed by atoms with Crippen LogP contribution < -0.4 is 5.43 Å². The van der Waals surface area contributed by atoms with Crippen LogP contribution in [0.3, 0.4) is 0 Å². The Hall–Kier alpha value is -2.13. The summed E-state index contributed by atoms with van der Waals surface area (Å²) in [5.74, 6) is 2.28. The van der Waals surface area contributed by atoms with Gasteiger partial charge in [0, 0.05) is 0 Å². The molecular formula is C26H34N2O. The van der Waals surface area contributed by atoms with Gasteiger partial charge in [-0.05, 0) is 41.7 Å². The van der Waals surface area contributed by atoms with Crippen LogP contribution in [-0.2, 0) is 4.74 Å². The van der Waals surface area contributed by atoms with Gasteiger partial charge in [-0.1, -0.05) is 87.9 Å². The van der Waals surface area contributed by atoms with E-state index in [0.717, 1.165) is 11.6 Å². The van der Waals surface area contributed by atoms with Crippen LogP contribution in [0.1, 0.15) is 63.1 Å². The molecule has 1 aliphatic heterocycles. The van der Waals surface area contributed by atoms with Gasteiger partial charge in [-0.3, -0.25) is 0 Å². The monoisotopic (exact) mass is 390 g/mol. The summed E-state index contributed by atoms with van der Waals surface area (Å²) in [4.78, 5) is 0. The highest BCUT2D eigenvalue weighted by Crippen LogP contribution is 2.38. The van der Waals surface area contributed by atoms with E-state index < -0.39 is 0 Å². The van der Waals surface area contributed by atoms with Crippen LogP contribution in [0, 0.1) is 17.8 Å². The Balaban J connectivity index is 1.53. The molecule has 1 N–H and O–H groups in total. The summed E-state index contributed by atoms with van der Waals surface area (Å²) >= 11 is 0. The van der Waals surface area contributed by atoms with E-state index in [2.05, 4.69) is 86.9 Å². The van der Waals surface area contributed by atoms with Crippen molar-refractivity contribution < 1.29 is 4.74 Å². The Bertz CT molecular complexity index is 802. The second-order valence-electron chi connectivity index (χ2n) is 9.18. The number of ether oxygens (including phenoxy) is 1. The van der Waals surface area contributed by atoms with Crippen molar-refractivity contribution in [2.45, 2.75) is 58.1 Å². The molecule has 3 nitrogen and oxygen atoms in total. The quantitative estimate of drug-likeness (QED) is 0.661. The van der Waals surface area contributed by atoms with Crippen molar-refractivity contribution in [1.82, 2.24) is 5.43 Å². The number of hydrazone groups is 1. The van der Waals surface area contributed by atoms with Crippen LogP contribution in [0.5, 0.6) is 0 Å². The van der Waals surface area contributed by atoms with Crippen molar-refractivity contribution in [1.29, 1.82) is 0 Å². The standard InChI is InChI=1S/C26H34N2O/c1-18(2)22-15-14-19(3)16-24(22)29-17-23-25(20-10-6-4-7-11-20)26(28-27-23)21-12-8-5-9-13-21/h4-13,18-19,22,24-26,28H,14-17H2,1-3H3/t19-,22+,24-,25-,26+/m1/s1. The Morgan fingerprint density at radius 3 is 2.28 bits per heavy atom. The fourth-order valence-corrected chi connectivity index (χ4v) is 5.08. The minimum atomic E-state index is 0.156. The Morgan fingerprint density at radius 1 is 0.966 bits per heavy atom. The number of benzene rings is 2. The van der Waals surface area contributed by atoms with E-state index in [4.69, 9.17) is 9.84 Å². The summed E-state index contributed by atoms with van der Waals surface area (Å²) in [6, 6.07) is 21.5. The first kappa shape index (κ1) is 20.2. The van der Waals surface area contributed by atoms with Gasteiger partial charge in [0.1, 0.15) is 0 Å². The van der Waals surface area contributed by atoms with Gasteiger partial charge in [-0.15, -0.1) is 0 Å². The van der Waals surface area contributed by atoms with Gasteiger partial charge >= 0.3 is 0 Å². The molecular weight excluding hydrogens is 356 g/mol. The van der Waals surface area contributed by atoms with Gasteiger partial charge in [-0.2, -0.15) is 5.10 Å². The smallest absolute Gasteiger partial charge is 0.0877 e. The third kappa shape index (κ3) is 4.56. The van der Waals surface area contributed by atoms with Crippen molar-refractivity contribution in [3.05, 3.63) is 71.8 Å². The van der Waals surface area contributed by atoms with E-state index in [9.17, 15) is 0 Å². The molecule has 4 rings (SSSR count). The summed E-state index contributed by atoms with van der Waals surface area (Å²) in [6.45, 7) is 7.64. The van der Waals surface area contributed by atoms with Crippen LogP contribution >= 0.6 is 0 Å². The summed E-state index contributed by atoms with van der Waals surface area (Å²) < 4.78 is 6.58. The lowest BCUT2D eigenvalue weighted by Crippen LogP contribution is -2.36.